The van der Waals surface area contributed by atoms with Crippen molar-refractivity contribution < 1.29 is 25.2 Å². The molecule has 1 aliphatic heterocycles. The molecule has 0 radical (unpaired) electrons. The van der Waals surface area contributed by atoms with E-state index in [0.717, 1.165) is 19.8 Å². The fourth-order valence-electron chi connectivity index (χ4n) is 1.93. The van der Waals surface area contributed by atoms with Crippen LogP contribution in [0, 0.1) is 0 Å². The van der Waals surface area contributed by atoms with E-state index in [2.05, 4.69) is 0 Å². The van der Waals surface area contributed by atoms with Gasteiger partial charge in [-0.3, -0.25) is 8.37 Å². The summed E-state index contributed by atoms with van der Waals surface area (Å²) >= 11 is 0. The third-order valence-corrected chi connectivity index (χ3v) is 7.04. The Labute approximate surface area is 95.2 Å². The smallest absolute Gasteiger partial charge is 0.263 e. The molecule has 16 heavy (non-hydrogen) atoms. The van der Waals surface area contributed by atoms with Crippen LogP contribution < -0.4 is 0 Å². The van der Waals surface area contributed by atoms with Crippen molar-refractivity contribution in [3.05, 3.63) is 0 Å². The number of hydrogen-bond donors (Lipinski definition) is 0. The van der Waals surface area contributed by atoms with Gasteiger partial charge in [-0.15, -0.1) is 0 Å². The maximum Gasteiger partial charge on any atom is 0.287 e. The molecule has 1 saturated heterocycles. The van der Waals surface area contributed by atoms with E-state index in [1.165, 1.54) is 0 Å². The zero-order valence-corrected chi connectivity index (χ0v) is 10.5. The maximum absolute atomic E-state index is 11.6. The first-order chi connectivity index (χ1) is 7.33. The van der Waals surface area contributed by atoms with Gasteiger partial charge in [0.25, 0.3) is 20.2 Å². The molecule has 0 bridgehead atoms. The van der Waals surface area contributed by atoms with Gasteiger partial charge in [-0.2, -0.15) is 16.8 Å². The standard InChI is InChI=1S/C8H14O6S2/c1-6-15(9,10)13-7-4-2-3-5-8(7)14-16(6,11)12/h6-8H,2-5H2,1H3. The molecular formula is C8H14O6S2. The molecule has 0 aromatic heterocycles. The summed E-state index contributed by atoms with van der Waals surface area (Å²) in [4.78, 5) is 0. The van der Waals surface area contributed by atoms with E-state index in [9.17, 15) is 16.8 Å². The Morgan fingerprint density at radius 3 is 1.62 bits per heavy atom. The molecule has 0 amide bonds. The van der Waals surface area contributed by atoms with Crippen molar-refractivity contribution in [2.45, 2.75) is 49.4 Å². The summed E-state index contributed by atoms with van der Waals surface area (Å²) in [6.45, 7) is 1.07. The van der Waals surface area contributed by atoms with E-state index < -0.39 is 37.0 Å². The molecule has 0 N–H and O–H groups in total. The molecule has 0 aromatic rings. The van der Waals surface area contributed by atoms with Gasteiger partial charge in [-0.1, -0.05) is 12.8 Å². The molecule has 2 atom stereocenters. The molecular weight excluding hydrogens is 256 g/mol. The average Bonchev–Trinajstić information content (AvgIpc) is 2.24. The van der Waals surface area contributed by atoms with Crippen LogP contribution in [0.5, 0.6) is 0 Å². The average molecular weight is 270 g/mol. The fourth-order valence-corrected chi connectivity index (χ4v) is 4.80. The normalized spacial score (nSPS) is 41.9. The molecule has 0 spiro atoms. The minimum Gasteiger partial charge on any atom is -0.263 e. The number of rotatable bonds is 0. The maximum atomic E-state index is 11.6. The summed E-state index contributed by atoms with van der Waals surface area (Å²) in [7, 11) is -8.18. The second-order valence-electron chi connectivity index (χ2n) is 4.11. The molecule has 0 aromatic carbocycles. The lowest BCUT2D eigenvalue weighted by Crippen LogP contribution is -2.34. The Kier molecular flexibility index (Phi) is 3.02. The zero-order chi connectivity index (χ0) is 12.0. The van der Waals surface area contributed by atoms with Gasteiger partial charge >= 0.3 is 0 Å². The van der Waals surface area contributed by atoms with Crippen LogP contribution in [0.2, 0.25) is 0 Å². The van der Waals surface area contributed by atoms with Gasteiger partial charge in [0.05, 0.1) is 0 Å². The van der Waals surface area contributed by atoms with E-state index in [1.807, 2.05) is 0 Å². The summed E-state index contributed by atoms with van der Waals surface area (Å²) < 4.78 is 54.6. The fraction of sp³-hybridized carbons (Fsp3) is 1.00. The Bertz CT molecular complexity index is 421. The van der Waals surface area contributed by atoms with Crippen molar-refractivity contribution in [2.24, 2.45) is 0 Å². The van der Waals surface area contributed by atoms with Crippen LogP contribution in [0.3, 0.4) is 0 Å². The molecule has 2 unspecified atom stereocenters. The lowest BCUT2D eigenvalue weighted by Gasteiger charge is -2.26. The minimum atomic E-state index is -4.09. The van der Waals surface area contributed by atoms with Crippen molar-refractivity contribution in [2.75, 3.05) is 0 Å². The molecule has 1 saturated carbocycles. The van der Waals surface area contributed by atoms with E-state index >= 15 is 0 Å². The van der Waals surface area contributed by atoms with Gasteiger partial charge in [-0.05, 0) is 19.8 Å². The highest BCUT2D eigenvalue weighted by Crippen LogP contribution is 2.32. The van der Waals surface area contributed by atoms with E-state index in [1.54, 1.807) is 0 Å². The highest BCUT2D eigenvalue weighted by molar-refractivity contribution is 8.04. The van der Waals surface area contributed by atoms with Gasteiger partial charge in [0.2, 0.25) is 4.58 Å². The SMILES string of the molecule is CC1S(=O)(=O)OC2CCCCC2OS1(=O)=O. The Morgan fingerprint density at radius 2 is 1.25 bits per heavy atom. The molecule has 1 heterocycles. The largest absolute Gasteiger partial charge is 0.287 e. The number of hydrogen-bond acceptors (Lipinski definition) is 6. The molecule has 94 valence electrons. The van der Waals surface area contributed by atoms with Crippen molar-refractivity contribution in [3.8, 4) is 0 Å². The summed E-state index contributed by atoms with van der Waals surface area (Å²) in [5.74, 6) is 0. The van der Waals surface area contributed by atoms with Crippen LogP contribution in [-0.4, -0.2) is 33.6 Å². The highest BCUT2D eigenvalue weighted by atomic mass is 32.3. The second-order valence-corrected chi connectivity index (χ2v) is 8.18. The lowest BCUT2D eigenvalue weighted by atomic mass is 9.95. The molecule has 2 fully saturated rings. The minimum absolute atomic E-state index is 0.520. The Balaban J connectivity index is 2.40. The van der Waals surface area contributed by atoms with Crippen molar-refractivity contribution in [1.29, 1.82) is 0 Å². The topological polar surface area (TPSA) is 86.7 Å². The van der Waals surface area contributed by atoms with Crippen molar-refractivity contribution in [1.82, 2.24) is 0 Å². The van der Waals surface area contributed by atoms with E-state index in [-0.39, 0.29) is 0 Å². The van der Waals surface area contributed by atoms with Crippen LogP contribution in [0.1, 0.15) is 32.6 Å². The second kappa shape index (κ2) is 3.94. The van der Waals surface area contributed by atoms with Gasteiger partial charge < -0.3 is 0 Å². The third-order valence-electron chi connectivity index (χ3n) is 2.97. The van der Waals surface area contributed by atoms with Crippen LogP contribution in [0.4, 0.5) is 0 Å². The van der Waals surface area contributed by atoms with E-state index in [0.29, 0.717) is 12.8 Å². The first kappa shape index (κ1) is 12.3. The first-order valence-corrected chi connectivity index (χ1v) is 8.11. The van der Waals surface area contributed by atoms with Crippen LogP contribution >= 0.6 is 0 Å². The zero-order valence-electron chi connectivity index (χ0n) is 8.83. The Hall–Kier alpha value is -0.180. The van der Waals surface area contributed by atoms with Gasteiger partial charge in [-0.25, -0.2) is 0 Å². The quantitative estimate of drug-likeness (QED) is 0.590. The molecule has 2 aliphatic rings. The lowest BCUT2D eigenvalue weighted by molar-refractivity contribution is 0.0372. The monoisotopic (exact) mass is 270 g/mol. The summed E-state index contributed by atoms with van der Waals surface area (Å²) in [5, 5.41) is 0. The predicted octanol–water partition coefficient (Wildman–Crippen LogP) is 0.350. The van der Waals surface area contributed by atoms with E-state index in [4.69, 9.17) is 8.37 Å². The van der Waals surface area contributed by atoms with Crippen LogP contribution in [0.25, 0.3) is 0 Å². The summed E-state index contributed by atoms with van der Waals surface area (Å²) in [6, 6.07) is 0. The first-order valence-electron chi connectivity index (χ1n) is 5.17. The number of fused-ring (bicyclic) bond motifs is 1. The van der Waals surface area contributed by atoms with Crippen molar-refractivity contribution in [3.63, 3.8) is 0 Å². The molecule has 8 heteroatoms. The molecule has 1 aliphatic carbocycles. The van der Waals surface area contributed by atoms with Gasteiger partial charge in [0.15, 0.2) is 0 Å². The summed E-state index contributed by atoms with van der Waals surface area (Å²) in [5.41, 5.74) is 0. The van der Waals surface area contributed by atoms with Crippen molar-refractivity contribution >= 4 is 20.2 Å². The van der Waals surface area contributed by atoms with Gasteiger partial charge in [0, 0.05) is 0 Å². The Morgan fingerprint density at radius 1 is 0.875 bits per heavy atom. The summed E-state index contributed by atoms with van der Waals surface area (Å²) in [6.07, 6.45) is 1.39. The molecule has 2 rings (SSSR count). The molecule has 6 nitrogen and oxygen atoms in total. The third kappa shape index (κ3) is 2.11. The predicted molar refractivity (Wildman–Crippen MR) is 55.5 cm³/mol. The van der Waals surface area contributed by atoms with Gasteiger partial charge in [0.1, 0.15) is 12.2 Å². The highest BCUT2D eigenvalue weighted by Gasteiger charge is 2.46. The van der Waals surface area contributed by atoms with Crippen LogP contribution in [-0.2, 0) is 28.6 Å². The van der Waals surface area contributed by atoms with Crippen LogP contribution in [0.15, 0.2) is 0 Å².